The number of aromatic nitrogens is 3. The van der Waals surface area contributed by atoms with E-state index in [1.807, 2.05) is 4.57 Å². The third kappa shape index (κ3) is 4.42. The van der Waals surface area contributed by atoms with Crippen molar-refractivity contribution in [3.05, 3.63) is 12.7 Å². The lowest BCUT2D eigenvalue weighted by atomic mass is 9.88. The van der Waals surface area contributed by atoms with Gasteiger partial charge in [0.15, 0.2) is 0 Å². The highest BCUT2D eigenvalue weighted by molar-refractivity contribution is 5.66. The normalized spacial score (nSPS) is 12.9. The van der Waals surface area contributed by atoms with Crippen molar-refractivity contribution >= 4 is 5.97 Å². The van der Waals surface area contributed by atoms with Gasteiger partial charge < -0.3 is 9.67 Å². The molecule has 0 aliphatic heterocycles. The molecule has 0 amide bonds. The Bertz CT molecular complexity index is 309. The maximum Gasteiger partial charge on any atom is 0.303 e. The van der Waals surface area contributed by atoms with E-state index in [1.165, 1.54) is 0 Å². The van der Waals surface area contributed by atoms with Crippen LogP contribution in [0.25, 0.3) is 0 Å². The lowest BCUT2D eigenvalue weighted by Crippen LogP contribution is -2.13. The average Bonchev–Trinajstić information content (AvgIpc) is 2.69. The van der Waals surface area contributed by atoms with Crippen molar-refractivity contribution in [3.63, 3.8) is 0 Å². The molecular formula is C11H19N3O2. The maximum atomic E-state index is 10.5. The minimum Gasteiger partial charge on any atom is -0.481 e. The largest absolute Gasteiger partial charge is 0.481 e. The zero-order chi connectivity index (χ0) is 12.0. The van der Waals surface area contributed by atoms with Crippen LogP contribution in [0.4, 0.5) is 0 Å². The molecule has 1 heterocycles. The zero-order valence-corrected chi connectivity index (χ0v) is 9.83. The molecule has 0 bridgehead atoms. The fourth-order valence-electron chi connectivity index (χ4n) is 1.77. The third-order valence-electron chi connectivity index (χ3n) is 2.90. The van der Waals surface area contributed by atoms with Crippen LogP contribution >= 0.6 is 0 Å². The number of carboxylic acids is 1. The first-order valence-electron chi connectivity index (χ1n) is 5.63. The van der Waals surface area contributed by atoms with Crippen molar-refractivity contribution in [2.45, 2.75) is 39.7 Å². The van der Waals surface area contributed by atoms with E-state index >= 15 is 0 Å². The SMILES string of the molecule is CC(C)C(CCC(=O)O)CCn1cnnc1. The number of rotatable bonds is 7. The fraction of sp³-hybridized carbons (Fsp3) is 0.727. The van der Waals surface area contributed by atoms with Gasteiger partial charge in [-0.05, 0) is 24.7 Å². The van der Waals surface area contributed by atoms with E-state index in [-0.39, 0.29) is 6.42 Å². The second kappa shape index (κ2) is 6.25. The second-order valence-electron chi connectivity index (χ2n) is 4.42. The quantitative estimate of drug-likeness (QED) is 0.768. The minimum atomic E-state index is -0.713. The molecule has 5 heteroatoms. The molecule has 1 rings (SSSR count). The van der Waals surface area contributed by atoms with Gasteiger partial charge in [0.1, 0.15) is 12.7 Å². The zero-order valence-electron chi connectivity index (χ0n) is 9.83. The van der Waals surface area contributed by atoms with Crippen LogP contribution < -0.4 is 0 Å². The van der Waals surface area contributed by atoms with Crippen LogP contribution in [-0.4, -0.2) is 25.8 Å². The van der Waals surface area contributed by atoms with E-state index in [1.54, 1.807) is 12.7 Å². The molecule has 0 aliphatic carbocycles. The Morgan fingerprint density at radius 2 is 1.94 bits per heavy atom. The first-order valence-corrected chi connectivity index (χ1v) is 5.63. The van der Waals surface area contributed by atoms with Crippen molar-refractivity contribution in [3.8, 4) is 0 Å². The van der Waals surface area contributed by atoms with Gasteiger partial charge in [-0.25, -0.2) is 0 Å². The van der Waals surface area contributed by atoms with Gasteiger partial charge in [0, 0.05) is 13.0 Å². The average molecular weight is 225 g/mol. The van der Waals surface area contributed by atoms with Gasteiger partial charge in [0.25, 0.3) is 0 Å². The van der Waals surface area contributed by atoms with Crippen molar-refractivity contribution < 1.29 is 9.90 Å². The molecule has 0 radical (unpaired) electrons. The predicted octanol–water partition coefficient (Wildman–Crippen LogP) is 1.81. The van der Waals surface area contributed by atoms with Gasteiger partial charge in [-0.2, -0.15) is 0 Å². The molecule has 0 spiro atoms. The molecule has 0 saturated carbocycles. The second-order valence-corrected chi connectivity index (χ2v) is 4.42. The maximum absolute atomic E-state index is 10.5. The standard InChI is InChI=1S/C11H19N3O2/c1-9(2)10(3-4-11(15)16)5-6-14-7-12-13-8-14/h7-10H,3-6H2,1-2H3,(H,15,16). The predicted molar refractivity (Wildman–Crippen MR) is 59.8 cm³/mol. The van der Waals surface area contributed by atoms with E-state index in [0.717, 1.165) is 19.4 Å². The number of aliphatic carboxylic acids is 1. The highest BCUT2D eigenvalue weighted by atomic mass is 16.4. The summed E-state index contributed by atoms with van der Waals surface area (Å²) < 4.78 is 1.93. The third-order valence-corrected chi connectivity index (χ3v) is 2.90. The van der Waals surface area contributed by atoms with Gasteiger partial charge in [0.2, 0.25) is 0 Å². The molecule has 0 aliphatic rings. The summed E-state index contributed by atoms with van der Waals surface area (Å²) >= 11 is 0. The smallest absolute Gasteiger partial charge is 0.303 e. The summed E-state index contributed by atoms with van der Waals surface area (Å²) in [5.74, 6) is 0.240. The van der Waals surface area contributed by atoms with Gasteiger partial charge in [-0.3, -0.25) is 4.79 Å². The molecule has 1 N–H and O–H groups in total. The fourth-order valence-corrected chi connectivity index (χ4v) is 1.77. The summed E-state index contributed by atoms with van der Waals surface area (Å²) in [5.41, 5.74) is 0. The van der Waals surface area contributed by atoms with Crippen LogP contribution in [0.1, 0.15) is 33.1 Å². The summed E-state index contributed by atoms with van der Waals surface area (Å²) in [5, 5.41) is 16.1. The molecule has 90 valence electrons. The van der Waals surface area contributed by atoms with Crippen LogP contribution in [0.2, 0.25) is 0 Å². The Morgan fingerprint density at radius 3 is 2.44 bits per heavy atom. The Hall–Kier alpha value is -1.39. The Labute approximate surface area is 95.5 Å². The van der Waals surface area contributed by atoms with Crippen molar-refractivity contribution in [2.75, 3.05) is 0 Å². The Morgan fingerprint density at radius 1 is 1.31 bits per heavy atom. The molecule has 0 saturated heterocycles. The highest BCUT2D eigenvalue weighted by Gasteiger charge is 2.14. The van der Waals surface area contributed by atoms with E-state index in [2.05, 4.69) is 24.0 Å². The molecule has 1 aromatic rings. The molecule has 5 nitrogen and oxygen atoms in total. The summed E-state index contributed by atoms with van der Waals surface area (Å²) in [6, 6.07) is 0. The number of hydrogen-bond donors (Lipinski definition) is 1. The van der Waals surface area contributed by atoms with Gasteiger partial charge in [-0.1, -0.05) is 13.8 Å². The van der Waals surface area contributed by atoms with Crippen LogP contribution in [-0.2, 0) is 11.3 Å². The van der Waals surface area contributed by atoms with Gasteiger partial charge >= 0.3 is 5.97 Å². The summed E-state index contributed by atoms with van der Waals surface area (Å²) in [6.07, 6.45) is 5.35. The van der Waals surface area contributed by atoms with Crippen LogP contribution in [0.3, 0.4) is 0 Å². The molecule has 1 atom stereocenters. The highest BCUT2D eigenvalue weighted by Crippen LogP contribution is 2.21. The first-order chi connectivity index (χ1) is 7.59. The molecule has 1 aromatic heterocycles. The summed E-state index contributed by atoms with van der Waals surface area (Å²) in [6.45, 7) is 5.13. The molecule has 1 unspecified atom stereocenters. The topological polar surface area (TPSA) is 68.0 Å². The van der Waals surface area contributed by atoms with Crippen LogP contribution in [0.5, 0.6) is 0 Å². The minimum absolute atomic E-state index is 0.255. The van der Waals surface area contributed by atoms with Gasteiger partial charge in [0.05, 0.1) is 0 Å². The van der Waals surface area contributed by atoms with Crippen molar-refractivity contribution in [1.29, 1.82) is 0 Å². The first kappa shape index (κ1) is 12.7. The molecule has 0 aromatic carbocycles. The number of nitrogens with zero attached hydrogens (tertiary/aromatic N) is 3. The lowest BCUT2D eigenvalue weighted by Gasteiger charge is -2.19. The van der Waals surface area contributed by atoms with Gasteiger partial charge in [-0.15, -0.1) is 10.2 Å². The monoisotopic (exact) mass is 225 g/mol. The van der Waals surface area contributed by atoms with Crippen molar-refractivity contribution in [2.24, 2.45) is 11.8 Å². The Balaban J connectivity index is 2.36. The van der Waals surface area contributed by atoms with Crippen LogP contribution in [0, 0.1) is 11.8 Å². The molecular weight excluding hydrogens is 206 g/mol. The molecule has 0 fully saturated rings. The number of carbonyl (C=O) groups is 1. The number of aryl methyl sites for hydroxylation is 1. The lowest BCUT2D eigenvalue weighted by molar-refractivity contribution is -0.137. The number of carboxylic acid groups (broad SMARTS) is 1. The number of hydrogen-bond acceptors (Lipinski definition) is 3. The van der Waals surface area contributed by atoms with Crippen molar-refractivity contribution in [1.82, 2.24) is 14.8 Å². The van der Waals surface area contributed by atoms with E-state index < -0.39 is 5.97 Å². The van der Waals surface area contributed by atoms with E-state index in [0.29, 0.717) is 11.8 Å². The van der Waals surface area contributed by atoms with Crippen LogP contribution in [0.15, 0.2) is 12.7 Å². The van der Waals surface area contributed by atoms with E-state index in [9.17, 15) is 4.79 Å². The summed E-state index contributed by atoms with van der Waals surface area (Å²) in [7, 11) is 0. The van der Waals surface area contributed by atoms with E-state index in [4.69, 9.17) is 5.11 Å². The Kier molecular flexibility index (Phi) is 4.95. The molecule has 16 heavy (non-hydrogen) atoms. The summed E-state index contributed by atoms with van der Waals surface area (Å²) in [4.78, 5) is 10.5.